The molecule has 0 radical (unpaired) electrons. The minimum atomic E-state index is -3.28. The number of rotatable bonds is 2. The molecular weight excluding hydrogens is 216 g/mol. The second kappa shape index (κ2) is 3.43. The number of hydrogen-bond acceptors (Lipinski definition) is 5. The van der Waals surface area contributed by atoms with Gasteiger partial charge in [0.05, 0.1) is 10.6 Å². The monoisotopic (exact) mass is 224 g/mol. The summed E-state index contributed by atoms with van der Waals surface area (Å²) in [5, 5.41) is 10.6. The molecule has 0 amide bonds. The van der Waals surface area contributed by atoms with Crippen molar-refractivity contribution in [3.05, 3.63) is 30.6 Å². The van der Waals surface area contributed by atoms with Crippen LogP contribution < -0.4 is 0 Å². The van der Waals surface area contributed by atoms with Gasteiger partial charge in [0.15, 0.2) is 9.84 Å². The predicted molar refractivity (Wildman–Crippen MR) is 52.3 cm³/mol. The maximum atomic E-state index is 11.5. The van der Waals surface area contributed by atoms with E-state index in [9.17, 15) is 8.42 Å². The number of benzene rings is 1. The average molecular weight is 224 g/mol. The lowest BCUT2D eigenvalue weighted by atomic mass is 10.3. The Balaban J connectivity index is 2.68. The SMILES string of the molecule is CS(=O)(=O)c1ccccc1-n1cnnn1. The van der Waals surface area contributed by atoms with Crippen LogP contribution in [0.2, 0.25) is 0 Å². The zero-order chi connectivity index (χ0) is 10.9. The van der Waals surface area contributed by atoms with Gasteiger partial charge >= 0.3 is 0 Å². The van der Waals surface area contributed by atoms with E-state index >= 15 is 0 Å². The molecular formula is C8H8N4O2S. The molecule has 0 bridgehead atoms. The Bertz CT molecular complexity index is 562. The topological polar surface area (TPSA) is 77.7 Å². The summed E-state index contributed by atoms with van der Waals surface area (Å²) in [5.74, 6) is 0. The molecule has 1 heterocycles. The van der Waals surface area contributed by atoms with E-state index in [1.54, 1.807) is 18.2 Å². The fraction of sp³-hybridized carbons (Fsp3) is 0.125. The number of aromatic nitrogens is 4. The average Bonchev–Trinajstić information content (AvgIpc) is 2.69. The molecule has 78 valence electrons. The molecule has 0 aliphatic carbocycles. The molecule has 6 nitrogen and oxygen atoms in total. The van der Waals surface area contributed by atoms with Gasteiger partial charge in [-0.05, 0) is 22.6 Å². The smallest absolute Gasteiger partial charge is 0.177 e. The Morgan fingerprint density at radius 2 is 2.00 bits per heavy atom. The highest BCUT2D eigenvalue weighted by molar-refractivity contribution is 7.90. The summed E-state index contributed by atoms with van der Waals surface area (Å²) < 4.78 is 24.2. The van der Waals surface area contributed by atoms with Crippen molar-refractivity contribution in [2.45, 2.75) is 4.90 Å². The van der Waals surface area contributed by atoms with Crippen LogP contribution in [0.4, 0.5) is 0 Å². The van der Waals surface area contributed by atoms with Gasteiger partial charge < -0.3 is 0 Å². The van der Waals surface area contributed by atoms with Gasteiger partial charge in [0.1, 0.15) is 6.33 Å². The minimum Gasteiger partial charge on any atom is -0.224 e. The van der Waals surface area contributed by atoms with Crippen LogP contribution in [0.25, 0.3) is 5.69 Å². The summed E-state index contributed by atoms with van der Waals surface area (Å²) in [6.07, 6.45) is 2.50. The Morgan fingerprint density at radius 1 is 1.27 bits per heavy atom. The zero-order valence-electron chi connectivity index (χ0n) is 7.90. The van der Waals surface area contributed by atoms with Crippen LogP contribution in [-0.2, 0) is 9.84 Å². The van der Waals surface area contributed by atoms with E-state index in [4.69, 9.17) is 0 Å². The van der Waals surface area contributed by atoms with Gasteiger partial charge in [0, 0.05) is 6.26 Å². The van der Waals surface area contributed by atoms with Crippen molar-refractivity contribution >= 4 is 9.84 Å². The van der Waals surface area contributed by atoms with Crippen molar-refractivity contribution in [2.24, 2.45) is 0 Å². The first-order chi connectivity index (χ1) is 7.09. The number of tetrazole rings is 1. The Labute approximate surface area is 86.5 Å². The van der Waals surface area contributed by atoms with Gasteiger partial charge in [-0.15, -0.1) is 5.10 Å². The second-order valence-electron chi connectivity index (χ2n) is 2.99. The molecule has 0 atom stereocenters. The largest absolute Gasteiger partial charge is 0.224 e. The number of nitrogens with zero attached hydrogens (tertiary/aromatic N) is 4. The van der Waals surface area contributed by atoms with Crippen molar-refractivity contribution in [3.8, 4) is 5.69 Å². The van der Waals surface area contributed by atoms with Crippen molar-refractivity contribution in [1.29, 1.82) is 0 Å². The van der Waals surface area contributed by atoms with Gasteiger partial charge in [-0.3, -0.25) is 0 Å². The van der Waals surface area contributed by atoms with E-state index in [0.717, 1.165) is 6.26 Å². The van der Waals surface area contributed by atoms with Crippen LogP contribution in [0.3, 0.4) is 0 Å². The van der Waals surface area contributed by atoms with Gasteiger partial charge in [0.2, 0.25) is 0 Å². The number of hydrogen-bond donors (Lipinski definition) is 0. The Hall–Kier alpha value is -1.76. The van der Waals surface area contributed by atoms with Crippen LogP contribution >= 0.6 is 0 Å². The lowest BCUT2D eigenvalue weighted by Gasteiger charge is -2.05. The molecule has 0 aliphatic rings. The maximum absolute atomic E-state index is 11.5. The minimum absolute atomic E-state index is 0.206. The van der Waals surface area contributed by atoms with Crippen LogP contribution in [-0.4, -0.2) is 34.9 Å². The first-order valence-corrected chi connectivity index (χ1v) is 6.00. The lowest BCUT2D eigenvalue weighted by Crippen LogP contribution is -2.05. The van der Waals surface area contributed by atoms with Crippen molar-refractivity contribution in [3.63, 3.8) is 0 Å². The maximum Gasteiger partial charge on any atom is 0.177 e. The molecule has 1 aromatic heterocycles. The first kappa shape index (κ1) is 9.78. The fourth-order valence-electron chi connectivity index (χ4n) is 1.23. The van der Waals surface area contributed by atoms with E-state index in [1.165, 1.54) is 17.1 Å². The van der Waals surface area contributed by atoms with Crippen LogP contribution in [0.5, 0.6) is 0 Å². The highest BCUT2D eigenvalue weighted by Crippen LogP contribution is 2.17. The van der Waals surface area contributed by atoms with Crippen molar-refractivity contribution in [1.82, 2.24) is 20.2 Å². The quantitative estimate of drug-likeness (QED) is 0.721. The van der Waals surface area contributed by atoms with Crippen LogP contribution in [0, 0.1) is 0 Å². The summed E-state index contributed by atoms with van der Waals surface area (Å²) in [5.41, 5.74) is 0.449. The molecule has 7 heteroatoms. The molecule has 2 rings (SSSR count). The van der Waals surface area contributed by atoms with Gasteiger partial charge in [0.25, 0.3) is 0 Å². The third-order valence-electron chi connectivity index (χ3n) is 1.86. The Morgan fingerprint density at radius 3 is 2.60 bits per heavy atom. The van der Waals surface area contributed by atoms with Gasteiger partial charge in [-0.2, -0.15) is 4.68 Å². The van der Waals surface area contributed by atoms with Crippen LogP contribution in [0.15, 0.2) is 35.5 Å². The Kier molecular flexibility index (Phi) is 2.24. The molecule has 0 aliphatic heterocycles. The number of sulfone groups is 1. The molecule has 2 aromatic rings. The molecule has 0 saturated heterocycles. The summed E-state index contributed by atoms with van der Waals surface area (Å²) >= 11 is 0. The predicted octanol–water partition coefficient (Wildman–Crippen LogP) is 0.0658. The summed E-state index contributed by atoms with van der Waals surface area (Å²) in [6, 6.07) is 6.55. The zero-order valence-corrected chi connectivity index (χ0v) is 8.72. The summed E-state index contributed by atoms with van der Waals surface area (Å²) in [6.45, 7) is 0. The molecule has 1 aromatic carbocycles. The van der Waals surface area contributed by atoms with E-state index in [0.29, 0.717) is 5.69 Å². The highest BCUT2D eigenvalue weighted by Gasteiger charge is 2.14. The summed E-state index contributed by atoms with van der Waals surface area (Å²) in [4.78, 5) is 0.206. The van der Waals surface area contributed by atoms with Gasteiger partial charge in [-0.25, -0.2) is 8.42 Å². The van der Waals surface area contributed by atoms with E-state index < -0.39 is 9.84 Å². The standard InChI is InChI=1S/C8H8N4O2S/c1-15(13,14)8-5-3-2-4-7(8)12-6-9-10-11-12/h2-6H,1H3. The first-order valence-electron chi connectivity index (χ1n) is 4.11. The molecule has 0 fully saturated rings. The molecule has 0 spiro atoms. The second-order valence-corrected chi connectivity index (χ2v) is 4.98. The van der Waals surface area contributed by atoms with E-state index in [1.807, 2.05) is 0 Å². The lowest BCUT2D eigenvalue weighted by molar-refractivity contribution is 0.600. The molecule has 0 saturated carbocycles. The molecule has 0 unspecified atom stereocenters. The van der Waals surface area contributed by atoms with E-state index in [-0.39, 0.29) is 4.90 Å². The third-order valence-corrected chi connectivity index (χ3v) is 3.00. The summed E-state index contributed by atoms with van der Waals surface area (Å²) in [7, 11) is -3.28. The molecule has 15 heavy (non-hydrogen) atoms. The normalized spacial score (nSPS) is 11.5. The fourth-order valence-corrected chi connectivity index (χ4v) is 2.10. The van der Waals surface area contributed by atoms with Gasteiger partial charge in [-0.1, -0.05) is 12.1 Å². The van der Waals surface area contributed by atoms with Crippen molar-refractivity contribution < 1.29 is 8.42 Å². The van der Waals surface area contributed by atoms with Crippen molar-refractivity contribution in [2.75, 3.05) is 6.26 Å². The van der Waals surface area contributed by atoms with E-state index in [2.05, 4.69) is 15.5 Å². The highest BCUT2D eigenvalue weighted by atomic mass is 32.2. The third kappa shape index (κ3) is 1.86. The number of para-hydroxylation sites is 1. The molecule has 0 N–H and O–H groups in total. The van der Waals surface area contributed by atoms with Crippen LogP contribution in [0.1, 0.15) is 0 Å².